The molecule has 5 nitrogen and oxygen atoms in total. The van der Waals surface area contributed by atoms with Gasteiger partial charge in [0, 0.05) is 10.6 Å². The van der Waals surface area contributed by atoms with E-state index in [4.69, 9.17) is 25.5 Å². The standard InChI is InChI=1S/C17H15ClN2O3/c1-21-14-6-8-15(9-7-14)22-11-10-16-19-20-17(23-16)12-2-4-13(18)5-3-12/h2-9H,10-11H2,1H3. The lowest BCUT2D eigenvalue weighted by atomic mass is 10.2. The molecule has 0 unspecified atom stereocenters. The molecular formula is C17H15ClN2O3. The Hall–Kier alpha value is -2.53. The van der Waals surface area contributed by atoms with Crippen molar-refractivity contribution in [2.75, 3.05) is 13.7 Å². The van der Waals surface area contributed by atoms with E-state index >= 15 is 0 Å². The number of aromatic nitrogens is 2. The molecule has 2 aromatic carbocycles. The number of nitrogens with zero attached hydrogens (tertiary/aromatic N) is 2. The highest BCUT2D eigenvalue weighted by Gasteiger charge is 2.08. The first kappa shape index (κ1) is 15.4. The van der Waals surface area contributed by atoms with E-state index in [1.807, 2.05) is 36.4 Å². The molecule has 3 aromatic rings. The minimum atomic E-state index is 0.453. The van der Waals surface area contributed by atoms with Crippen molar-refractivity contribution in [3.05, 3.63) is 59.4 Å². The summed E-state index contributed by atoms with van der Waals surface area (Å²) >= 11 is 5.86. The zero-order valence-electron chi connectivity index (χ0n) is 12.5. The van der Waals surface area contributed by atoms with Crippen molar-refractivity contribution < 1.29 is 13.9 Å². The van der Waals surface area contributed by atoms with Crippen molar-refractivity contribution in [2.45, 2.75) is 6.42 Å². The molecule has 0 aliphatic rings. The van der Waals surface area contributed by atoms with Crippen molar-refractivity contribution >= 4 is 11.6 Å². The second-order valence-corrected chi connectivity index (χ2v) is 5.22. The molecule has 3 rings (SSSR count). The van der Waals surface area contributed by atoms with Crippen LogP contribution in [0.4, 0.5) is 0 Å². The number of hydrogen-bond donors (Lipinski definition) is 0. The second kappa shape index (κ2) is 7.15. The molecule has 0 aliphatic carbocycles. The summed E-state index contributed by atoms with van der Waals surface area (Å²) in [6.45, 7) is 0.453. The van der Waals surface area contributed by atoms with E-state index in [1.54, 1.807) is 19.2 Å². The topological polar surface area (TPSA) is 57.4 Å². The number of ether oxygens (including phenoxy) is 2. The Morgan fingerprint density at radius 2 is 1.65 bits per heavy atom. The number of rotatable bonds is 6. The summed E-state index contributed by atoms with van der Waals surface area (Å²) in [6.07, 6.45) is 0.534. The molecule has 0 aliphatic heterocycles. The summed E-state index contributed by atoms with van der Waals surface area (Å²) in [5, 5.41) is 8.72. The zero-order chi connectivity index (χ0) is 16.1. The highest BCUT2D eigenvalue weighted by Crippen LogP contribution is 2.21. The van der Waals surface area contributed by atoms with Gasteiger partial charge in [0.15, 0.2) is 0 Å². The lowest BCUT2D eigenvalue weighted by Crippen LogP contribution is -2.01. The van der Waals surface area contributed by atoms with E-state index < -0.39 is 0 Å². The molecule has 6 heteroatoms. The fourth-order valence-electron chi connectivity index (χ4n) is 1.99. The summed E-state index contributed by atoms with van der Waals surface area (Å²) in [5.74, 6) is 2.56. The third kappa shape index (κ3) is 4.02. The Labute approximate surface area is 138 Å². The van der Waals surface area contributed by atoms with Gasteiger partial charge >= 0.3 is 0 Å². The van der Waals surface area contributed by atoms with Crippen LogP contribution in [0.5, 0.6) is 11.5 Å². The van der Waals surface area contributed by atoms with Gasteiger partial charge in [-0.05, 0) is 48.5 Å². The van der Waals surface area contributed by atoms with Gasteiger partial charge in [0.1, 0.15) is 11.5 Å². The van der Waals surface area contributed by atoms with Crippen molar-refractivity contribution in [3.63, 3.8) is 0 Å². The first-order valence-corrected chi connectivity index (χ1v) is 7.47. The van der Waals surface area contributed by atoms with E-state index in [1.165, 1.54) is 0 Å². The van der Waals surface area contributed by atoms with Gasteiger partial charge in [-0.1, -0.05) is 11.6 Å². The molecule has 0 fully saturated rings. The van der Waals surface area contributed by atoms with E-state index in [2.05, 4.69) is 10.2 Å². The molecule has 118 valence electrons. The van der Waals surface area contributed by atoms with Crippen molar-refractivity contribution in [1.29, 1.82) is 0 Å². The molecular weight excluding hydrogens is 316 g/mol. The summed E-state index contributed by atoms with van der Waals surface area (Å²) in [6, 6.07) is 14.7. The third-order valence-electron chi connectivity index (χ3n) is 3.20. The van der Waals surface area contributed by atoms with Crippen LogP contribution in [0.2, 0.25) is 5.02 Å². The van der Waals surface area contributed by atoms with Gasteiger partial charge in [-0.15, -0.1) is 10.2 Å². The van der Waals surface area contributed by atoms with Crippen molar-refractivity contribution in [2.24, 2.45) is 0 Å². The lowest BCUT2D eigenvalue weighted by Gasteiger charge is -2.05. The average molecular weight is 331 g/mol. The molecule has 1 heterocycles. The monoisotopic (exact) mass is 330 g/mol. The Bertz CT molecular complexity index is 754. The number of methoxy groups -OCH3 is 1. The quantitative estimate of drug-likeness (QED) is 0.683. The fourth-order valence-corrected chi connectivity index (χ4v) is 2.12. The molecule has 0 amide bonds. The largest absolute Gasteiger partial charge is 0.497 e. The molecule has 23 heavy (non-hydrogen) atoms. The van der Waals surface area contributed by atoms with E-state index in [0.29, 0.717) is 29.8 Å². The van der Waals surface area contributed by atoms with Crippen LogP contribution < -0.4 is 9.47 Å². The SMILES string of the molecule is COc1ccc(OCCc2nnc(-c3ccc(Cl)cc3)o2)cc1. The van der Waals surface area contributed by atoms with E-state index in [0.717, 1.165) is 17.1 Å². The van der Waals surface area contributed by atoms with E-state index in [9.17, 15) is 0 Å². The molecule has 0 radical (unpaired) electrons. The zero-order valence-corrected chi connectivity index (χ0v) is 13.3. The Morgan fingerprint density at radius 1 is 0.957 bits per heavy atom. The van der Waals surface area contributed by atoms with Crippen LogP contribution in [0.15, 0.2) is 52.9 Å². The predicted molar refractivity (Wildman–Crippen MR) is 86.9 cm³/mol. The Kier molecular flexibility index (Phi) is 4.78. The molecule has 0 bridgehead atoms. The maximum absolute atomic E-state index is 5.86. The smallest absolute Gasteiger partial charge is 0.247 e. The normalized spacial score (nSPS) is 10.5. The molecule has 0 atom stereocenters. The fraction of sp³-hybridized carbons (Fsp3) is 0.176. The average Bonchev–Trinajstić information content (AvgIpc) is 3.05. The maximum atomic E-state index is 5.86. The van der Waals surface area contributed by atoms with Gasteiger partial charge in [0.2, 0.25) is 11.8 Å². The molecule has 0 saturated heterocycles. The minimum Gasteiger partial charge on any atom is -0.497 e. The molecule has 0 saturated carbocycles. The first-order valence-electron chi connectivity index (χ1n) is 7.10. The summed E-state index contributed by atoms with van der Waals surface area (Å²) in [5.41, 5.74) is 0.837. The number of halogens is 1. The van der Waals surface area contributed by atoms with Crippen LogP contribution in [0.25, 0.3) is 11.5 Å². The molecule has 1 aromatic heterocycles. The summed E-state index contributed by atoms with van der Waals surface area (Å²) < 4.78 is 16.4. The van der Waals surface area contributed by atoms with Crippen molar-refractivity contribution in [3.8, 4) is 23.0 Å². The second-order valence-electron chi connectivity index (χ2n) is 4.78. The highest BCUT2D eigenvalue weighted by atomic mass is 35.5. The minimum absolute atomic E-state index is 0.453. The van der Waals surface area contributed by atoms with Crippen LogP contribution >= 0.6 is 11.6 Å². The first-order chi connectivity index (χ1) is 11.2. The Balaban J connectivity index is 1.55. The van der Waals surface area contributed by atoms with Crippen LogP contribution in [0, 0.1) is 0 Å². The van der Waals surface area contributed by atoms with Gasteiger partial charge < -0.3 is 13.9 Å². The molecule has 0 N–H and O–H groups in total. The van der Waals surface area contributed by atoms with Gasteiger partial charge in [-0.3, -0.25) is 0 Å². The van der Waals surface area contributed by atoms with E-state index in [-0.39, 0.29) is 0 Å². The van der Waals surface area contributed by atoms with Crippen molar-refractivity contribution in [1.82, 2.24) is 10.2 Å². The maximum Gasteiger partial charge on any atom is 0.247 e. The van der Waals surface area contributed by atoms with Crippen LogP contribution in [-0.2, 0) is 6.42 Å². The van der Waals surface area contributed by atoms with Crippen LogP contribution in [-0.4, -0.2) is 23.9 Å². The van der Waals surface area contributed by atoms with Crippen LogP contribution in [0.1, 0.15) is 5.89 Å². The molecule has 0 spiro atoms. The summed E-state index contributed by atoms with van der Waals surface area (Å²) in [4.78, 5) is 0. The number of hydrogen-bond acceptors (Lipinski definition) is 5. The van der Waals surface area contributed by atoms with Gasteiger partial charge in [0.05, 0.1) is 20.1 Å². The third-order valence-corrected chi connectivity index (χ3v) is 3.45. The predicted octanol–water partition coefficient (Wildman–Crippen LogP) is 4.02. The van der Waals surface area contributed by atoms with Gasteiger partial charge in [-0.2, -0.15) is 0 Å². The highest BCUT2D eigenvalue weighted by molar-refractivity contribution is 6.30. The van der Waals surface area contributed by atoms with Crippen LogP contribution in [0.3, 0.4) is 0 Å². The number of benzene rings is 2. The van der Waals surface area contributed by atoms with Gasteiger partial charge in [0.25, 0.3) is 0 Å². The summed E-state index contributed by atoms with van der Waals surface area (Å²) in [7, 11) is 1.63. The Morgan fingerprint density at radius 3 is 2.35 bits per heavy atom. The lowest BCUT2D eigenvalue weighted by molar-refractivity contribution is 0.306. The van der Waals surface area contributed by atoms with Gasteiger partial charge in [-0.25, -0.2) is 0 Å².